The van der Waals surface area contributed by atoms with Crippen LogP contribution in [0.3, 0.4) is 0 Å². The van der Waals surface area contributed by atoms with E-state index in [4.69, 9.17) is 11.6 Å². The number of urea groups is 1. The van der Waals surface area contributed by atoms with Crippen LogP contribution in [0, 0.1) is 13.8 Å². The van der Waals surface area contributed by atoms with Crippen LogP contribution in [0.15, 0.2) is 42.5 Å². The number of aryl methyl sites for hydroxylation is 2. The molecule has 0 radical (unpaired) electrons. The molecule has 1 aliphatic rings. The molecule has 0 unspecified atom stereocenters. The minimum Gasteiger partial charge on any atom is -0.368 e. The molecule has 0 atom stereocenters. The summed E-state index contributed by atoms with van der Waals surface area (Å²) < 4.78 is 0. The zero-order valence-electron chi connectivity index (χ0n) is 14.8. The minimum absolute atomic E-state index is 0.00287. The number of hydrogen-bond donors (Lipinski definition) is 1. The van der Waals surface area contributed by atoms with Gasteiger partial charge in [-0.15, -0.1) is 0 Å². The summed E-state index contributed by atoms with van der Waals surface area (Å²) in [5.74, 6) is 0. The molecule has 3 rings (SSSR count). The highest BCUT2D eigenvalue weighted by atomic mass is 35.5. The van der Waals surface area contributed by atoms with E-state index in [1.807, 2.05) is 36.1 Å². The van der Waals surface area contributed by atoms with Crippen LogP contribution in [0.25, 0.3) is 0 Å². The van der Waals surface area contributed by atoms with Crippen molar-refractivity contribution >= 4 is 23.3 Å². The SMILES string of the molecule is Cc1cccc(CNC(=O)N2CCN(c3ccc(C)c(Cl)c3)CC2)c1. The molecule has 0 aromatic heterocycles. The highest BCUT2D eigenvalue weighted by molar-refractivity contribution is 6.31. The van der Waals surface area contributed by atoms with Gasteiger partial charge in [-0.3, -0.25) is 0 Å². The van der Waals surface area contributed by atoms with E-state index >= 15 is 0 Å². The number of piperazine rings is 1. The normalized spacial score (nSPS) is 14.5. The Morgan fingerprint density at radius 2 is 1.84 bits per heavy atom. The number of hydrogen-bond acceptors (Lipinski definition) is 2. The number of carbonyl (C=O) groups is 1. The number of nitrogens with zero attached hydrogens (tertiary/aromatic N) is 2. The average molecular weight is 358 g/mol. The summed E-state index contributed by atoms with van der Waals surface area (Å²) in [5.41, 5.74) is 4.54. The zero-order valence-corrected chi connectivity index (χ0v) is 15.5. The topological polar surface area (TPSA) is 35.6 Å². The van der Waals surface area contributed by atoms with E-state index < -0.39 is 0 Å². The molecule has 0 saturated carbocycles. The van der Waals surface area contributed by atoms with Gasteiger partial charge in [-0.2, -0.15) is 0 Å². The highest BCUT2D eigenvalue weighted by Gasteiger charge is 2.21. The second-order valence-corrected chi connectivity index (χ2v) is 6.96. The number of rotatable bonds is 3. The van der Waals surface area contributed by atoms with Gasteiger partial charge in [0.05, 0.1) is 0 Å². The van der Waals surface area contributed by atoms with E-state index in [9.17, 15) is 4.79 Å². The fourth-order valence-electron chi connectivity index (χ4n) is 3.06. The average Bonchev–Trinajstić information content (AvgIpc) is 2.62. The molecular formula is C20H24ClN3O. The van der Waals surface area contributed by atoms with Gasteiger partial charge >= 0.3 is 6.03 Å². The fourth-order valence-corrected chi connectivity index (χ4v) is 3.23. The second-order valence-electron chi connectivity index (χ2n) is 6.56. The van der Waals surface area contributed by atoms with Gasteiger partial charge in [-0.25, -0.2) is 4.79 Å². The van der Waals surface area contributed by atoms with Gasteiger partial charge in [0.25, 0.3) is 0 Å². The van der Waals surface area contributed by atoms with Crippen LogP contribution in [0.4, 0.5) is 10.5 Å². The Labute approximate surface area is 154 Å². The summed E-state index contributed by atoms with van der Waals surface area (Å²) in [7, 11) is 0. The summed E-state index contributed by atoms with van der Waals surface area (Å²) in [6.45, 7) is 7.68. The van der Waals surface area contributed by atoms with Gasteiger partial charge in [0.1, 0.15) is 0 Å². The minimum atomic E-state index is 0.00287. The first kappa shape index (κ1) is 17.6. The largest absolute Gasteiger partial charge is 0.368 e. The van der Waals surface area contributed by atoms with Gasteiger partial charge in [-0.1, -0.05) is 47.5 Å². The maximum absolute atomic E-state index is 12.4. The van der Waals surface area contributed by atoms with Gasteiger partial charge in [0.15, 0.2) is 0 Å². The lowest BCUT2D eigenvalue weighted by Gasteiger charge is -2.36. The molecule has 2 amide bonds. The molecule has 2 aromatic carbocycles. The number of benzene rings is 2. The summed E-state index contributed by atoms with van der Waals surface area (Å²) in [6, 6.07) is 14.3. The van der Waals surface area contributed by atoms with Crippen LogP contribution in [-0.4, -0.2) is 37.1 Å². The summed E-state index contributed by atoms with van der Waals surface area (Å²) in [6.07, 6.45) is 0. The van der Waals surface area contributed by atoms with Crippen molar-refractivity contribution in [2.45, 2.75) is 20.4 Å². The molecule has 1 fully saturated rings. The maximum atomic E-state index is 12.4. The fraction of sp³-hybridized carbons (Fsp3) is 0.350. The third-order valence-electron chi connectivity index (χ3n) is 4.61. The lowest BCUT2D eigenvalue weighted by molar-refractivity contribution is 0.194. The van der Waals surface area contributed by atoms with Crippen molar-refractivity contribution in [3.05, 3.63) is 64.2 Å². The van der Waals surface area contributed by atoms with Gasteiger partial charge < -0.3 is 15.1 Å². The summed E-state index contributed by atoms with van der Waals surface area (Å²) in [5, 5.41) is 3.80. The van der Waals surface area contributed by atoms with Gasteiger partial charge in [0.2, 0.25) is 0 Å². The summed E-state index contributed by atoms with van der Waals surface area (Å²) in [4.78, 5) is 16.5. The van der Waals surface area contributed by atoms with Gasteiger partial charge in [-0.05, 0) is 37.1 Å². The smallest absolute Gasteiger partial charge is 0.317 e. The van der Waals surface area contributed by atoms with Crippen molar-refractivity contribution in [1.29, 1.82) is 0 Å². The summed E-state index contributed by atoms with van der Waals surface area (Å²) >= 11 is 6.22. The molecule has 0 bridgehead atoms. The molecule has 0 aliphatic carbocycles. The quantitative estimate of drug-likeness (QED) is 0.901. The Balaban J connectivity index is 1.51. The second kappa shape index (κ2) is 7.79. The highest BCUT2D eigenvalue weighted by Crippen LogP contribution is 2.24. The zero-order chi connectivity index (χ0) is 17.8. The van der Waals surface area contributed by atoms with Crippen molar-refractivity contribution in [2.75, 3.05) is 31.1 Å². The van der Waals surface area contributed by atoms with Crippen molar-refractivity contribution in [3.8, 4) is 0 Å². The Morgan fingerprint density at radius 1 is 1.08 bits per heavy atom. The third kappa shape index (κ3) is 4.45. The lowest BCUT2D eigenvalue weighted by Crippen LogP contribution is -2.51. The van der Waals surface area contributed by atoms with Crippen molar-refractivity contribution in [1.82, 2.24) is 10.2 Å². The van der Waals surface area contributed by atoms with E-state index in [0.29, 0.717) is 19.6 Å². The Hall–Kier alpha value is -2.20. The van der Waals surface area contributed by atoms with E-state index in [2.05, 4.69) is 35.3 Å². The van der Waals surface area contributed by atoms with Crippen LogP contribution in [-0.2, 0) is 6.54 Å². The molecule has 4 nitrogen and oxygen atoms in total. The number of anilines is 1. The molecule has 25 heavy (non-hydrogen) atoms. The first-order chi connectivity index (χ1) is 12.0. The predicted octanol–water partition coefficient (Wildman–Crippen LogP) is 3.99. The molecule has 1 N–H and O–H groups in total. The molecular weight excluding hydrogens is 334 g/mol. The standard InChI is InChI=1S/C20H24ClN3O/c1-15-4-3-5-17(12-15)14-22-20(25)24-10-8-23(9-11-24)18-7-6-16(2)19(21)13-18/h3-7,12-13H,8-11,14H2,1-2H3,(H,22,25). The Kier molecular flexibility index (Phi) is 5.49. The number of nitrogens with one attached hydrogen (secondary N) is 1. The molecule has 5 heteroatoms. The number of halogens is 1. The molecule has 1 heterocycles. The Bertz CT molecular complexity index is 754. The van der Waals surface area contributed by atoms with Crippen molar-refractivity contribution in [3.63, 3.8) is 0 Å². The molecule has 0 spiro atoms. The van der Waals surface area contributed by atoms with Gasteiger partial charge in [0, 0.05) is 43.4 Å². The van der Waals surface area contributed by atoms with E-state index in [0.717, 1.165) is 34.9 Å². The Morgan fingerprint density at radius 3 is 2.52 bits per heavy atom. The van der Waals surface area contributed by atoms with Crippen LogP contribution >= 0.6 is 11.6 Å². The number of carbonyl (C=O) groups excluding carboxylic acids is 1. The maximum Gasteiger partial charge on any atom is 0.317 e. The monoisotopic (exact) mass is 357 g/mol. The lowest BCUT2D eigenvalue weighted by atomic mass is 10.1. The van der Waals surface area contributed by atoms with Crippen LogP contribution in [0.1, 0.15) is 16.7 Å². The van der Waals surface area contributed by atoms with Crippen molar-refractivity contribution < 1.29 is 4.79 Å². The van der Waals surface area contributed by atoms with Crippen molar-refractivity contribution in [2.24, 2.45) is 0 Å². The molecule has 1 saturated heterocycles. The van der Waals surface area contributed by atoms with Crippen LogP contribution < -0.4 is 10.2 Å². The first-order valence-corrected chi connectivity index (χ1v) is 9.00. The first-order valence-electron chi connectivity index (χ1n) is 8.62. The van der Waals surface area contributed by atoms with Crippen LogP contribution in [0.5, 0.6) is 0 Å². The molecule has 132 valence electrons. The third-order valence-corrected chi connectivity index (χ3v) is 5.02. The molecule has 1 aliphatic heterocycles. The van der Waals surface area contributed by atoms with E-state index in [-0.39, 0.29) is 6.03 Å². The van der Waals surface area contributed by atoms with E-state index in [1.54, 1.807) is 0 Å². The van der Waals surface area contributed by atoms with E-state index in [1.165, 1.54) is 5.56 Å². The number of amides is 2. The van der Waals surface area contributed by atoms with Crippen LogP contribution in [0.2, 0.25) is 5.02 Å². The predicted molar refractivity (Wildman–Crippen MR) is 103 cm³/mol. The molecule has 2 aromatic rings.